The molecule has 3 aromatic rings. The highest BCUT2D eigenvalue weighted by Gasteiger charge is 2.16. The van der Waals surface area contributed by atoms with Crippen molar-refractivity contribution in [2.45, 2.75) is 6.92 Å². The third kappa shape index (κ3) is 2.82. The van der Waals surface area contributed by atoms with Crippen LogP contribution in [0.3, 0.4) is 0 Å². The van der Waals surface area contributed by atoms with Crippen LogP contribution >= 0.6 is 0 Å². The Hall–Kier alpha value is -3.26. The first kappa shape index (κ1) is 15.6. The number of nitro groups is 1. The number of aryl methyl sites for hydroxylation is 1. The summed E-state index contributed by atoms with van der Waals surface area (Å²) in [5.74, 6) is 6.24. The van der Waals surface area contributed by atoms with Crippen LogP contribution in [0.15, 0.2) is 42.5 Å². The summed E-state index contributed by atoms with van der Waals surface area (Å²) in [7, 11) is 1.87. The minimum Gasteiger partial charge on any atom is -0.329 e. The number of nitrogens with zero attached hydrogens (tertiary/aromatic N) is 4. The lowest BCUT2D eigenvalue weighted by atomic mass is 10.1. The molecule has 0 spiro atoms. The van der Waals surface area contributed by atoms with Gasteiger partial charge in [-0.3, -0.25) is 15.5 Å². The topological polar surface area (TPSA) is 110 Å². The monoisotopic (exact) mass is 324 g/mol. The van der Waals surface area contributed by atoms with Gasteiger partial charge in [-0.25, -0.2) is 10.8 Å². The van der Waals surface area contributed by atoms with Crippen LogP contribution in [0.1, 0.15) is 5.56 Å². The Balaban J connectivity index is 2.20. The molecule has 0 aliphatic carbocycles. The van der Waals surface area contributed by atoms with E-state index in [1.165, 1.54) is 12.1 Å². The smallest absolute Gasteiger partial charge is 0.271 e. The molecule has 2 aromatic carbocycles. The van der Waals surface area contributed by atoms with E-state index in [0.29, 0.717) is 16.7 Å². The maximum Gasteiger partial charge on any atom is 0.271 e. The first-order valence-electron chi connectivity index (χ1n) is 7.23. The van der Waals surface area contributed by atoms with E-state index in [4.69, 9.17) is 5.84 Å². The molecule has 0 saturated heterocycles. The fraction of sp³-hybridized carbons (Fsp3) is 0.125. The standard InChI is InChI=1S/C16H16N6O2/c1-10-4-3-5-11(8-10)21(2)15-13-7-6-12(22(23)24)9-14(13)18-16(19-15)20-17/h3-9H,17H2,1-2H3,(H,18,19,20). The van der Waals surface area contributed by atoms with E-state index in [9.17, 15) is 10.1 Å². The average molecular weight is 324 g/mol. The highest BCUT2D eigenvalue weighted by atomic mass is 16.6. The Bertz CT molecular complexity index is 928. The Kier molecular flexibility index (Phi) is 3.97. The molecular formula is C16H16N6O2. The van der Waals surface area contributed by atoms with E-state index < -0.39 is 4.92 Å². The van der Waals surface area contributed by atoms with E-state index in [2.05, 4.69) is 15.4 Å². The van der Waals surface area contributed by atoms with Crippen LogP contribution < -0.4 is 16.2 Å². The Morgan fingerprint density at radius 1 is 1.21 bits per heavy atom. The number of nitro benzene ring substituents is 1. The quantitative estimate of drug-likeness (QED) is 0.431. The van der Waals surface area contributed by atoms with Gasteiger partial charge in [-0.05, 0) is 30.7 Å². The SMILES string of the molecule is Cc1cccc(N(C)c2nc(NN)nc3cc([N+](=O)[O-])ccc23)c1. The zero-order valence-electron chi connectivity index (χ0n) is 13.2. The molecule has 122 valence electrons. The molecule has 0 radical (unpaired) electrons. The van der Waals surface area contributed by atoms with E-state index in [1.807, 2.05) is 43.1 Å². The van der Waals surface area contributed by atoms with Crippen molar-refractivity contribution in [3.8, 4) is 0 Å². The summed E-state index contributed by atoms with van der Waals surface area (Å²) >= 11 is 0. The van der Waals surface area contributed by atoms with Gasteiger partial charge < -0.3 is 4.90 Å². The summed E-state index contributed by atoms with van der Waals surface area (Å²) in [5, 5.41) is 11.7. The number of anilines is 3. The van der Waals surface area contributed by atoms with Gasteiger partial charge in [0.15, 0.2) is 0 Å². The number of aromatic nitrogens is 2. The fourth-order valence-electron chi connectivity index (χ4n) is 2.49. The van der Waals surface area contributed by atoms with Crippen molar-refractivity contribution < 1.29 is 4.92 Å². The first-order valence-corrected chi connectivity index (χ1v) is 7.23. The number of non-ortho nitro benzene ring substituents is 1. The van der Waals surface area contributed by atoms with Crippen LogP contribution in [-0.2, 0) is 0 Å². The Morgan fingerprint density at radius 3 is 2.67 bits per heavy atom. The number of fused-ring (bicyclic) bond motifs is 1. The third-order valence-electron chi connectivity index (χ3n) is 3.71. The maximum atomic E-state index is 11.0. The highest BCUT2D eigenvalue weighted by Crippen LogP contribution is 2.31. The number of nitrogens with one attached hydrogen (secondary N) is 1. The molecular weight excluding hydrogens is 308 g/mol. The average Bonchev–Trinajstić information content (AvgIpc) is 2.59. The number of hydrogen-bond donors (Lipinski definition) is 2. The minimum absolute atomic E-state index is 0.0340. The fourth-order valence-corrected chi connectivity index (χ4v) is 2.49. The molecule has 3 rings (SSSR count). The van der Waals surface area contributed by atoms with Gasteiger partial charge in [-0.2, -0.15) is 4.98 Å². The molecule has 0 bridgehead atoms. The van der Waals surface area contributed by atoms with E-state index in [1.54, 1.807) is 6.07 Å². The summed E-state index contributed by atoms with van der Waals surface area (Å²) < 4.78 is 0. The van der Waals surface area contributed by atoms with Crippen LogP contribution in [0.4, 0.5) is 23.1 Å². The lowest BCUT2D eigenvalue weighted by Crippen LogP contribution is -2.16. The molecule has 8 heteroatoms. The van der Waals surface area contributed by atoms with Crippen molar-refractivity contribution in [1.29, 1.82) is 0 Å². The van der Waals surface area contributed by atoms with Gasteiger partial charge in [-0.1, -0.05) is 12.1 Å². The number of rotatable bonds is 4. The lowest BCUT2D eigenvalue weighted by Gasteiger charge is -2.21. The zero-order valence-corrected chi connectivity index (χ0v) is 13.2. The van der Waals surface area contributed by atoms with Gasteiger partial charge in [-0.15, -0.1) is 0 Å². The maximum absolute atomic E-state index is 11.0. The largest absolute Gasteiger partial charge is 0.329 e. The van der Waals surface area contributed by atoms with Crippen molar-refractivity contribution in [2.24, 2.45) is 5.84 Å². The molecule has 1 heterocycles. The summed E-state index contributed by atoms with van der Waals surface area (Å²) in [6, 6.07) is 12.4. The van der Waals surface area contributed by atoms with E-state index in [-0.39, 0.29) is 11.6 Å². The van der Waals surface area contributed by atoms with Crippen LogP contribution in [0, 0.1) is 17.0 Å². The highest BCUT2D eigenvalue weighted by molar-refractivity contribution is 5.93. The number of nitrogen functional groups attached to an aromatic ring is 1. The van der Waals surface area contributed by atoms with Gasteiger partial charge in [0.25, 0.3) is 5.69 Å². The molecule has 0 atom stereocenters. The third-order valence-corrected chi connectivity index (χ3v) is 3.71. The van der Waals surface area contributed by atoms with Gasteiger partial charge in [0.2, 0.25) is 5.95 Å². The van der Waals surface area contributed by atoms with Crippen molar-refractivity contribution >= 4 is 34.0 Å². The molecule has 1 aromatic heterocycles. The molecule has 0 saturated carbocycles. The summed E-state index contributed by atoms with van der Waals surface area (Å²) in [4.78, 5) is 21.0. The van der Waals surface area contributed by atoms with E-state index >= 15 is 0 Å². The van der Waals surface area contributed by atoms with Gasteiger partial charge >= 0.3 is 0 Å². The molecule has 0 aliphatic heterocycles. The number of benzene rings is 2. The minimum atomic E-state index is -0.457. The zero-order chi connectivity index (χ0) is 17.3. The van der Waals surface area contributed by atoms with Crippen LogP contribution in [-0.4, -0.2) is 21.9 Å². The predicted molar refractivity (Wildman–Crippen MR) is 93.2 cm³/mol. The van der Waals surface area contributed by atoms with Crippen molar-refractivity contribution in [2.75, 3.05) is 17.4 Å². The van der Waals surface area contributed by atoms with Crippen LogP contribution in [0.2, 0.25) is 0 Å². The number of nitrogens with two attached hydrogens (primary N) is 1. The molecule has 0 unspecified atom stereocenters. The number of hydrogen-bond acceptors (Lipinski definition) is 7. The molecule has 0 fully saturated rings. The normalized spacial score (nSPS) is 10.6. The van der Waals surface area contributed by atoms with Gasteiger partial charge in [0, 0.05) is 30.3 Å². The Labute approximate surface area is 138 Å². The van der Waals surface area contributed by atoms with Gasteiger partial charge in [0.1, 0.15) is 5.82 Å². The second-order valence-electron chi connectivity index (χ2n) is 5.37. The summed E-state index contributed by atoms with van der Waals surface area (Å²) in [5.41, 5.74) is 4.88. The summed E-state index contributed by atoms with van der Waals surface area (Å²) in [6.07, 6.45) is 0. The van der Waals surface area contributed by atoms with Crippen LogP contribution in [0.25, 0.3) is 10.9 Å². The van der Waals surface area contributed by atoms with Gasteiger partial charge in [0.05, 0.1) is 10.4 Å². The van der Waals surface area contributed by atoms with Crippen molar-refractivity contribution in [3.63, 3.8) is 0 Å². The predicted octanol–water partition coefficient (Wildman–Crippen LogP) is 2.90. The van der Waals surface area contributed by atoms with Crippen molar-refractivity contribution in [1.82, 2.24) is 9.97 Å². The lowest BCUT2D eigenvalue weighted by molar-refractivity contribution is -0.384. The molecule has 0 aliphatic rings. The number of hydrazine groups is 1. The van der Waals surface area contributed by atoms with Crippen molar-refractivity contribution in [3.05, 3.63) is 58.1 Å². The molecule has 8 nitrogen and oxygen atoms in total. The second kappa shape index (κ2) is 6.09. The molecule has 0 amide bonds. The first-order chi connectivity index (χ1) is 11.5. The van der Waals surface area contributed by atoms with E-state index in [0.717, 1.165) is 11.3 Å². The molecule has 24 heavy (non-hydrogen) atoms. The molecule has 3 N–H and O–H groups in total. The second-order valence-corrected chi connectivity index (χ2v) is 5.37. The summed E-state index contributed by atoms with van der Waals surface area (Å²) in [6.45, 7) is 2.01. The van der Waals surface area contributed by atoms with Crippen LogP contribution in [0.5, 0.6) is 0 Å². The Morgan fingerprint density at radius 2 is 2.00 bits per heavy atom.